The van der Waals surface area contributed by atoms with E-state index < -0.39 is 12.3 Å². The minimum atomic E-state index is -4.65. The van der Waals surface area contributed by atoms with Crippen LogP contribution in [0.15, 0.2) is 36.4 Å². The summed E-state index contributed by atoms with van der Waals surface area (Å²) in [6, 6.07) is 6.35. The lowest BCUT2D eigenvalue weighted by molar-refractivity contribution is -0.274. The van der Waals surface area contributed by atoms with E-state index in [4.69, 9.17) is 5.11 Å². The number of hydrogen-bond donors (Lipinski definition) is 1. The van der Waals surface area contributed by atoms with Crippen molar-refractivity contribution in [2.24, 2.45) is 17.8 Å². The Kier molecular flexibility index (Phi) is 7.25. The summed E-state index contributed by atoms with van der Waals surface area (Å²) in [5.74, 6) is 1.48. The normalized spacial score (nSPS) is 28.4. The lowest BCUT2D eigenvalue weighted by atomic mass is 9.68. The summed E-state index contributed by atoms with van der Waals surface area (Å²) in [6.45, 7) is 0. The van der Waals surface area contributed by atoms with Gasteiger partial charge in [-0.3, -0.25) is 4.79 Å². The largest absolute Gasteiger partial charge is 0.573 e. The molecule has 2 aliphatic carbocycles. The third kappa shape index (κ3) is 6.79. The third-order valence-corrected chi connectivity index (χ3v) is 6.54. The Morgan fingerprint density at radius 2 is 1.52 bits per heavy atom. The van der Waals surface area contributed by atoms with Gasteiger partial charge >= 0.3 is 12.3 Å². The van der Waals surface area contributed by atoms with E-state index in [0.29, 0.717) is 11.8 Å². The number of benzene rings is 1. The molecule has 0 amide bonds. The molecule has 1 aromatic carbocycles. The summed E-state index contributed by atoms with van der Waals surface area (Å²) in [4.78, 5) is 10.6. The average molecular weight is 410 g/mol. The van der Waals surface area contributed by atoms with Gasteiger partial charge in [0, 0.05) is 0 Å². The van der Waals surface area contributed by atoms with E-state index in [2.05, 4.69) is 10.8 Å². The van der Waals surface area contributed by atoms with Crippen LogP contribution in [0.4, 0.5) is 13.2 Å². The molecule has 3 rings (SSSR count). The first-order valence-electron chi connectivity index (χ1n) is 10.5. The third-order valence-electron chi connectivity index (χ3n) is 6.54. The average Bonchev–Trinajstić information content (AvgIpc) is 2.68. The van der Waals surface area contributed by atoms with E-state index in [-0.39, 0.29) is 12.2 Å². The van der Waals surface area contributed by atoms with Crippen molar-refractivity contribution in [3.8, 4) is 5.75 Å². The Labute approximate surface area is 170 Å². The number of rotatable bonds is 6. The molecule has 0 heterocycles. The van der Waals surface area contributed by atoms with Gasteiger partial charge in [0.15, 0.2) is 0 Å². The van der Waals surface area contributed by atoms with Gasteiger partial charge in [0.1, 0.15) is 5.75 Å². The fourth-order valence-electron chi connectivity index (χ4n) is 5.04. The highest BCUT2D eigenvalue weighted by atomic mass is 19.4. The summed E-state index contributed by atoms with van der Waals surface area (Å²) in [5, 5.41) is 8.71. The van der Waals surface area contributed by atoms with E-state index in [0.717, 1.165) is 43.1 Å². The highest BCUT2D eigenvalue weighted by Crippen LogP contribution is 2.44. The minimum absolute atomic E-state index is 0.104. The molecule has 29 heavy (non-hydrogen) atoms. The van der Waals surface area contributed by atoms with Crippen LogP contribution in [0.1, 0.15) is 69.3 Å². The molecule has 0 aromatic heterocycles. The van der Waals surface area contributed by atoms with Crippen LogP contribution in [0.2, 0.25) is 0 Å². The number of aliphatic carboxylic acids is 1. The maximum Gasteiger partial charge on any atom is 0.573 e. The number of alkyl halides is 3. The van der Waals surface area contributed by atoms with Crippen LogP contribution in [0.25, 0.3) is 0 Å². The van der Waals surface area contributed by atoms with Crippen molar-refractivity contribution in [1.29, 1.82) is 0 Å². The minimum Gasteiger partial charge on any atom is -0.481 e. The molecule has 0 unspecified atom stereocenters. The summed E-state index contributed by atoms with van der Waals surface area (Å²) in [5.41, 5.74) is 1.10. The maximum atomic E-state index is 12.3. The van der Waals surface area contributed by atoms with Crippen LogP contribution in [0.5, 0.6) is 5.75 Å². The summed E-state index contributed by atoms with van der Waals surface area (Å²) >= 11 is 0. The molecule has 0 spiro atoms. The molecular weight excluding hydrogens is 381 g/mol. The van der Waals surface area contributed by atoms with Gasteiger partial charge < -0.3 is 9.84 Å². The first-order chi connectivity index (χ1) is 13.8. The van der Waals surface area contributed by atoms with Crippen LogP contribution in [-0.2, 0) is 4.79 Å². The van der Waals surface area contributed by atoms with Gasteiger partial charge in [0.25, 0.3) is 0 Å². The Balaban J connectivity index is 1.43. The van der Waals surface area contributed by atoms with Gasteiger partial charge in [0.05, 0.1) is 6.42 Å². The predicted octanol–water partition coefficient (Wildman–Crippen LogP) is 6.70. The molecule has 160 valence electrons. The summed E-state index contributed by atoms with van der Waals surface area (Å²) in [7, 11) is 0. The van der Waals surface area contributed by atoms with Gasteiger partial charge in [0.2, 0.25) is 0 Å². The van der Waals surface area contributed by atoms with E-state index in [1.54, 1.807) is 18.2 Å². The Hall–Kier alpha value is -1.98. The van der Waals surface area contributed by atoms with Gasteiger partial charge in [-0.1, -0.05) is 24.3 Å². The monoisotopic (exact) mass is 410 g/mol. The van der Waals surface area contributed by atoms with Gasteiger partial charge in [-0.05, 0) is 92.7 Å². The van der Waals surface area contributed by atoms with Crippen LogP contribution < -0.4 is 4.74 Å². The maximum absolute atomic E-state index is 12.3. The Morgan fingerprint density at radius 1 is 0.966 bits per heavy atom. The topological polar surface area (TPSA) is 46.5 Å². The molecule has 0 saturated heterocycles. The lowest BCUT2D eigenvalue weighted by Gasteiger charge is -2.37. The fraction of sp³-hybridized carbons (Fsp3) is 0.609. The second kappa shape index (κ2) is 9.68. The number of ether oxygens (including phenoxy) is 1. The van der Waals surface area contributed by atoms with Crippen molar-refractivity contribution in [2.45, 2.75) is 70.1 Å². The molecule has 1 N–H and O–H groups in total. The molecule has 1 aromatic rings. The fourth-order valence-corrected chi connectivity index (χ4v) is 5.04. The van der Waals surface area contributed by atoms with Crippen molar-refractivity contribution < 1.29 is 27.8 Å². The number of hydrogen-bond acceptors (Lipinski definition) is 2. The second-order valence-corrected chi connectivity index (χ2v) is 8.43. The smallest absolute Gasteiger partial charge is 0.481 e. The number of halogens is 3. The van der Waals surface area contributed by atoms with Crippen molar-refractivity contribution >= 4 is 5.97 Å². The molecule has 3 nitrogen and oxygen atoms in total. The number of allylic oxidation sites excluding steroid dienone is 1. The zero-order chi connectivity index (χ0) is 20.9. The zero-order valence-corrected chi connectivity index (χ0v) is 16.5. The summed E-state index contributed by atoms with van der Waals surface area (Å²) in [6.07, 6.45) is 8.54. The molecule has 2 saturated carbocycles. The van der Waals surface area contributed by atoms with Crippen molar-refractivity contribution in [3.63, 3.8) is 0 Å². The van der Waals surface area contributed by atoms with Crippen molar-refractivity contribution in [3.05, 3.63) is 42.0 Å². The van der Waals surface area contributed by atoms with Crippen molar-refractivity contribution in [1.82, 2.24) is 0 Å². The SMILES string of the molecule is O=C(O)CC=C[C@H]1CC[C@H]([C@H]2CC[C@H](c3ccc(OC(F)(F)F)cc3)CC2)CC1. The highest BCUT2D eigenvalue weighted by molar-refractivity contribution is 5.68. The van der Waals surface area contributed by atoms with E-state index in [1.807, 2.05) is 0 Å². The van der Waals surface area contributed by atoms with Crippen LogP contribution in [0, 0.1) is 17.8 Å². The first-order valence-corrected chi connectivity index (χ1v) is 10.5. The van der Waals surface area contributed by atoms with Crippen LogP contribution >= 0.6 is 0 Å². The molecule has 0 bridgehead atoms. The molecule has 0 radical (unpaired) electrons. The highest BCUT2D eigenvalue weighted by Gasteiger charge is 2.32. The zero-order valence-electron chi connectivity index (χ0n) is 16.5. The number of carbonyl (C=O) groups is 1. The Morgan fingerprint density at radius 3 is 2.03 bits per heavy atom. The molecular formula is C23H29F3O3. The number of carboxylic acid groups (broad SMARTS) is 1. The Bertz CT molecular complexity index is 680. The molecule has 0 atom stereocenters. The van der Waals surface area contributed by atoms with E-state index in [1.165, 1.54) is 37.8 Å². The van der Waals surface area contributed by atoms with Crippen LogP contribution in [0.3, 0.4) is 0 Å². The van der Waals surface area contributed by atoms with Crippen molar-refractivity contribution in [2.75, 3.05) is 0 Å². The van der Waals surface area contributed by atoms with E-state index >= 15 is 0 Å². The lowest BCUT2D eigenvalue weighted by Crippen LogP contribution is -2.25. The molecule has 0 aliphatic heterocycles. The molecule has 2 aliphatic rings. The van der Waals surface area contributed by atoms with Crippen LogP contribution in [-0.4, -0.2) is 17.4 Å². The summed E-state index contributed by atoms with van der Waals surface area (Å²) < 4.78 is 40.8. The molecule has 6 heteroatoms. The number of carboxylic acids is 1. The standard InChI is InChI=1S/C23H29F3O3/c24-23(25,26)29-21-14-12-20(13-15-21)19-10-8-18(9-11-19)17-6-4-16(5-7-17)2-1-3-22(27)28/h1-2,12-19H,3-11H2,(H,27,28)/t16-,17-,18-,19-. The predicted molar refractivity (Wildman–Crippen MR) is 105 cm³/mol. The second-order valence-electron chi connectivity index (χ2n) is 8.43. The van der Waals surface area contributed by atoms with Gasteiger partial charge in [-0.2, -0.15) is 0 Å². The van der Waals surface area contributed by atoms with E-state index in [9.17, 15) is 18.0 Å². The quantitative estimate of drug-likeness (QED) is 0.531. The molecule has 2 fully saturated rings. The van der Waals surface area contributed by atoms with Gasteiger partial charge in [-0.15, -0.1) is 13.2 Å². The first kappa shape index (κ1) is 21.7. The van der Waals surface area contributed by atoms with Gasteiger partial charge in [-0.25, -0.2) is 0 Å².